The van der Waals surface area contributed by atoms with E-state index < -0.39 is 10.0 Å². The fourth-order valence-corrected chi connectivity index (χ4v) is 5.80. The smallest absolute Gasteiger partial charge is 0.243 e. The molecule has 0 radical (unpaired) electrons. The summed E-state index contributed by atoms with van der Waals surface area (Å²) in [6, 6.07) is 11.5. The Balaban J connectivity index is 1.59. The number of amides is 1. The van der Waals surface area contributed by atoms with Gasteiger partial charge in [0.1, 0.15) is 0 Å². The lowest BCUT2D eigenvalue weighted by atomic mass is 10.2. The Labute approximate surface area is 184 Å². The normalized spacial score (nSPS) is 15.2. The van der Waals surface area contributed by atoms with Gasteiger partial charge in [-0.15, -0.1) is 11.8 Å². The Morgan fingerprint density at radius 3 is 2.45 bits per heavy atom. The number of hydrogen-bond donors (Lipinski definition) is 1. The zero-order valence-electron chi connectivity index (χ0n) is 15.4. The molecule has 0 saturated carbocycles. The molecule has 29 heavy (non-hydrogen) atoms. The van der Waals surface area contributed by atoms with Gasteiger partial charge in [0.2, 0.25) is 15.9 Å². The average molecular weight is 475 g/mol. The van der Waals surface area contributed by atoms with Crippen molar-refractivity contribution in [1.82, 2.24) is 4.31 Å². The van der Waals surface area contributed by atoms with E-state index in [2.05, 4.69) is 5.32 Å². The summed E-state index contributed by atoms with van der Waals surface area (Å²) in [5.74, 6) is 0.443. The summed E-state index contributed by atoms with van der Waals surface area (Å²) < 4.78 is 32.1. The highest BCUT2D eigenvalue weighted by Gasteiger charge is 2.26. The first-order valence-corrected chi connectivity index (χ1v) is 12.2. The maximum atomic E-state index is 12.7. The average Bonchev–Trinajstić information content (AvgIpc) is 2.71. The molecule has 1 heterocycles. The first-order chi connectivity index (χ1) is 13.9. The highest BCUT2D eigenvalue weighted by molar-refractivity contribution is 7.99. The standard InChI is InChI=1S/C19H20Cl2N2O4S2/c20-17-5-2-6-18(21)16(17)12-28-13-19(24)22-14-3-1-4-15(11-14)29(25,26)23-7-9-27-10-8-23/h1-6,11H,7-10,12-13H2,(H,22,24). The largest absolute Gasteiger partial charge is 0.379 e. The highest BCUT2D eigenvalue weighted by atomic mass is 35.5. The molecule has 6 nitrogen and oxygen atoms in total. The van der Waals surface area contributed by atoms with Crippen molar-refractivity contribution >= 4 is 56.6 Å². The molecule has 1 aliphatic heterocycles. The number of nitrogens with one attached hydrogen (secondary N) is 1. The molecular formula is C19H20Cl2N2O4S2. The second-order valence-corrected chi connectivity index (χ2v) is 10.0. The summed E-state index contributed by atoms with van der Waals surface area (Å²) in [5.41, 5.74) is 1.22. The fraction of sp³-hybridized carbons (Fsp3) is 0.316. The van der Waals surface area contributed by atoms with Crippen LogP contribution in [0.3, 0.4) is 0 Å². The third-order valence-electron chi connectivity index (χ3n) is 4.27. The zero-order valence-corrected chi connectivity index (χ0v) is 18.6. The number of halogens is 2. The van der Waals surface area contributed by atoms with E-state index in [4.69, 9.17) is 27.9 Å². The van der Waals surface area contributed by atoms with E-state index >= 15 is 0 Å². The maximum Gasteiger partial charge on any atom is 0.243 e. The molecule has 1 fully saturated rings. The first-order valence-electron chi connectivity index (χ1n) is 8.86. The number of morpholine rings is 1. The van der Waals surface area contributed by atoms with E-state index in [0.29, 0.717) is 47.8 Å². The Kier molecular flexibility index (Phi) is 7.84. The van der Waals surface area contributed by atoms with Crippen molar-refractivity contribution < 1.29 is 17.9 Å². The number of ether oxygens (including phenoxy) is 1. The molecule has 156 valence electrons. The van der Waals surface area contributed by atoms with Crippen molar-refractivity contribution in [3.8, 4) is 0 Å². The van der Waals surface area contributed by atoms with E-state index in [-0.39, 0.29) is 16.6 Å². The molecular weight excluding hydrogens is 455 g/mol. The number of rotatable bonds is 7. The predicted octanol–water partition coefficient (Wildman–Crippen LogP) is 3.89. The summed E-state index contributed by atoms with van der Waals surface area (Å²) in [5, 5.41) is 3.86. The Bertz CT molecular complexity index is 960. The van der Waals surface area contributed by atoms with Crippen LogP contribution >= 0.6 is 35.0 Å². The monoisotopic (exact) mass is 474 g/mol. The van der Waals surface area contributed by atoms with Gasteiger partial charge in [-0.2, -0.15) is 4.31 Å². The van der Waals surface area contributed by atoms with Gasteiger partial charge in [0.05, 0.1) is 23.9 Å². The van der Waals surface area contributed by atoms with E-state index in [0.717, 1.165) is 5.56 Å². The number of hydrogen-bond acceptors (Lipinski definition) is 5. The van der Waals surface area contributed by atoms with E-state index in [1.54, 1.807) is 30.3 Å². The van der Waals surface area contributed by atoms with Gasteiger partial charge in [0, 0.05) is 34.6 Å². The number of nitrogens with zero attached hydrogens (tertiary/aromatic N) is 1. The lowest BCUT2D eigenvalue weighted by Crippen LogP contribution is -2.40. The lowest BCUT2D eigenvalue weighted by molar-refractivity contribution is -0.113. The minimum Gasteiger partial charge on any atom is -0.379 e. The molecule has 0 bridgehead atoms. The topological polar surface area (TPSA) is 75.7 Å². The molecule has 0 unspecified atom stereocenters. The highest BCUT2D eigenvalue weighted by Crippen LogP contribution is 2.28. The molecule has 1 saturated heterocycles. The van der Waals surface area contributed by atoms with Gasteiger partial charge in [0.15, 0.2) is 0 Å². The number of sulfonamides is 1. The summed E-state index contributed by atoms with van der Waals surface area (Å²) in [7, 11) is -3.62. The SMILES string of the molecule is O=C(CSCc1c(Cl)cccc1Cl)Nc1cccc(S(=O)(=O)N2CCOCC2)c1. The quantitative estimate of drug-likeness (QED) is 0.658. The van der Waals surface area contributed by atoms with Crippen molar-refractivity contribution in [1.29, 1.82) is 0 Å². The molecule has 1 amide bonds. The number of thioether (sulfide) groups is 1. The zero-order chi connectivity index (χ0) is 20.9. The fourth-order valence-electron chi connectivity index (χ4n) is 2.78. The number of benzene rings is 2. The molecule has 10 heteroatoms. The van der Waals surface area contributed by atoms with Crippen LogP contribution in [0.1, 0.15) is 5.56 Å². The summed E-state index contributed by atoms with van der Waals surface area (Å²) in [6.07, 6.45) is 0. The Morgan fingerprint density at radius 2 is 1.76 bits per heavy atom. The molecule has 3 rings (SSSR count). The number of anilines is 1. The van der Waals surface area contributed by atoms with E-state index in [9.17, 15) is 13.2 Å². The van der Waals surface area contributed by atoms with Crippen LogP contribution in [-0.2, 0) is 25.3 Å². The summed E-state index contributed by atoms with van der Waals surface area (Å²) in [6.45, 7) is 1.39. The first kappa shape index (κ1) is 22.4. The molecule has 0 aliphatic carbocycles. The summed E-state index contributed by atoms with van der Waals surface area (Å²) in [4.78, 5) is 12.4. The van der Waals surface area contributed by atoms with Crippen molar-refractivity contribution in [3.05, 3.63) is 58.1 Å². The molecule has 1 aliphatic rings. The van der Waals surface area contributed by atoms with Crippen LogP contribution in [0, 0.1) is 0 Å². The molecule has 2 aromatic carbocycles. The van der Waals surface area contributed by atoms with Gasteiger partial charge >= 0.3 is 0 Å². The third-order valence-corrected chi connectivity index (χ3v) is 7.83. The van der Waals surface area contributed by atoms with Gasteiger partial charge in [-0.05, 0) is 35.9 Å². The van der Waals surface area contributed by atoms with Gasteiger partial charge in [-0.3, -0.25) is 4.79 Å². The molecule has 2 aromatic rings. The van der Waals surface area contributed by atoms with Gasteiger partial charge < -0.3 is 10.1 Å². The van der Waals surface area contributed by atoms with Crippen molar-refractivity contribution in [3.63, 3.8) is 0 Å². The minimum atomic E-state index is -3.62. The van der Waals surface area contributed by atoms with Crippen LogP contribution in [0.25, 0.3) is 0 Å². The van der Waals surface area contributed by atoms with Crippen LogP contribution in [0.2, 0.25) is 10.0 Å². The van der Waals surface area contributed by atoms with Crippen LogP contribution in [-0.4, -0.2) is 50.7 Å². The van der Waals surface area contributed by atoms with Crippen molar-refractivity contribution in [2.75, 3.05) is 37.4 Å². The minimum absolute atomic E-state index is 0.146. The second kappa shape index (κ2) is 10.1. The number of carbonyl (C=O) groups excluding carboxylic acids is 1. The maximum absolute atomic E-state index is 12.7. The van der Waals surface area contributed by atoms with Crippen LogP contribution in [0.5, 0.6) is 0 Å². The third kappa shape index (κ3) is 5.87. The van der Waals surface area contributed by atoms with Crippen LogP contribution < -0.4 is 5.32 Å². The van der Waals surface area contributed by atoms with Gasteiger partial charge in [0.25, 0.3) is 0 Å². The predicted molar refractivity (Wildman–Crippen MR) is 117 cm³/mol. The van der Waals surface area contributed by atoms with Gasteiger partial charge in [-0.1, -0.05) is 35.3 Å². The molecule has 0 atom stereocenters. The molecule has 1 N–H and O–H groups in total. The van der Waals surface area contributed by atoms with Gasteiger partial charge in [-0.25, -0.2) is 8.42 Å². The molecule has 0 aromatic heterocycles. The van der Waals surface area contributed by atoms with E-state index in [1.165, 1.54) is 28.2 Å². The number of carbonyl (C=O) groups is 1. The molecule has 0 spiro atoms. The lowest BCUT2D eigenvalue weighted by Gasteiger charge is -2.26. The second-order valence-electron chi connectivity index (χ2n) is 6.29. The van der Waals surface area contributed by atoms with Crippen LogP contribution in [0.4, 0.5) is 5.69 Å². The van der Waals surface area contributed by atoms with Crippen molar-refractivity contribution in [2.24, 2.45) is 0 Å². The Morgan fingerprint density at radius 1 is 1.10 bits per heavy atom. The van der Waals surface area contributed by atoms with Crippen molar-refractivity contribution in [2.45, 2.75) is 10.6 Å². The van der Waals surface area contributed by atoms with Crippen LogP contribution in [0.15, 0.2) is 47.4 Å². The Hall–Kier alpha value is -1.29. The van der Waals surface area contributed by atoms with E-state index in [1.807, 2.05) is 0 Å². The summed E-state index contributed by atoms with van der Waals surface area (Å²) >= 11 is 13.6.